The summed E-state index contributed by atoms with van der Waals surface area (Å²) in [6.45, 7) is 8.71. The first kappa shape index (κ1) is 17.2. The van der Waals surface area contributed by atoms with Gasteiger partial charge in [-0.15, -0.1) is 11.3 Å². The topological polar surface area (TPSA) is 34.6 Å². The molecule has 1 atom stereocenters. The number of hydrogen-bond acceptors (Lipinski definition) is 5. The van der Waals surface area contributed by atoms with Crippen molar-refractivity contribution in [3.8, 4) is 0 Å². The van der Waals surface area contributed by atoms with E-state index in [9.17, 15) is 0 Å². The Morgan fingerprint density at radius 1 is 1.32 bits per heavy atom. The van der Waals surface area contributed by atoms with Crippen LogP contribution < -0.4 is 0 Å². The number of aromatic nitrogens is 1. The van der Waals surface area contributed by atoms with Gasteiger partial charge in [-0.1, -0.05) is 6.07 Å². The molecule has 2 aromatic rings. The molecule has 0 aliphatic carbocycles. The van der Waals surface area contributed by atoms with Crippen molar-refractivity contribution in [2.45, 2.75) is 51.5 Å². The molecule has 0 radical (unpaired) electrons. The molecule has 4 heterocycles. The third-order valence-electron chi connectivity index (χ3n) is 5.22. The van der Waals surface area contributed by atoms with Crippen LogP contribution in [0, 0.1) is 13.8 Å². The van der Waals surface area contributed by atoms with Crippen molar-refractivity contribution in [2.75, 3.05) is 19.7 Å². The van der Waals surface area contributed by atoms with Gasteiger partial charge < -0.3 is 9.47 Å². The third kappa shape index (κ3) is 3.95. The van der Waals surface area contributed by atoms with Crippen molar-refractivity contribution in [3.05, 3.63) is 51.5 Å². The fourth-order valence-electron chi connectivity index (χ4n) is 3.88. The number of nitrogens with zero attached hydrogens (tertiary/aromatic N) is 2. The van der Waals surface area contributed by atoms with Crippen molar-refractivity contribution < 1.29 is 9.47 Å². The van der Waals surface area contributed by atoms with Crippen LogP contribution in [-0.2, 0) is 22.6 Å². The van der Waals surface area contributed by atoms with Crippen LogP contribution in [0.2, 0.25) is 0 Å². The second-order valence-electron chi connectivity index (χ2n) is 7.40. The van der Waals surface area contributed by atoms with Gasteiger partial charge in [-0.05, 0) is 49.4 Å². The Bertz CT molecular complexity index is 724. The molecule has 0 amide bonds. The van der Waals surface area contributed by atoms with E-state index in [1.165, 1.54) is 10.4 Å². The number of hydrogen-bond donors (Lipinski definition) is 0. The van der Waals surface area contributed by atoms with Crippen molar-refractivity contribution in [3.63, 3.8) is 0 Å². The largest absolute Gasteiger partial charge is 0.372 e. The van der Waals surface area contributed by atoms with E-state index in [1.54, 1.807) is 0 Å². The molecule has 0 aromatic carbocycles. The summed E-state index contributed by atoms with van der Waals surface area (Å²) in [5.74, 6) is 0. The van der Waals surface area contributed by atoms with E-state index in [2.05, 4.69) is 28.3 Å². The molecule has 2 fully saturated rings. The predicted molar refractivity (Wildman–Crippen MR) is 99.8 cm³/mol. The Morgan fingerprint density at radius 2 is 2.20 bits per heavy atom. The summed E-state index contributed by atoms with van der Waals surface area (Å²) in [6.07, 6.45) is 2.26. The van der Waals surface area contributed by atoms with Gasteiger partial charge in [-0.2, -0.15) is 0 Å². The second kappa shape index (κ2) is 7.16. The fraction of sp³-hybridized carbons (Fsp3) is 0.550. The van der Waals surface area contributed by atoms with Crippen LogP contribution in [0.5, 0.6) is 0 Å². The van der Waals surface area contributed by atoms with Gasteiger partial charge in [0.25, 0.3) is 0 Å². The maximum atomic E-state index is 6.16. The number of thiophene rings is 1. The zero-order chi connectivity index (χ0) is 17.3. The first-order valence-corrected chi connectivity index (χ1v) is 9.93. The van der Waals surface area contributed by atoms with Gasteiger partial charge >= 0.3 is 0 Å². The Morgan fingerprint density at radius 3 is 2.96 bits per heavy atom. The molecule has 5 heteroatoms. The lowest BCUT2D eigenvalue weighted by Gasteiger charge is -2.53. The standard InChI is InChI=1S/C20H26N2O2S/c1-15-7-9-25-19(15)11-22-13-20(14-22)10-18(6-8-24-20)23-12-17-5-3-4-16(2)21-17/h3-5,7,9,18H,6,8,10-14H2,1-2H3/t18-/m0/s1. The number of ether oxygens (including phenoxy) is 2. The quantitative estimate of drug-likeness (QED) is 0.816. The van der Waals surface area contributed by atoms with Gasteiger partial charge in [0.15, 0.2) is 0 Å². The highest BCUT2D eigenvalue weighted by molar-refractivity contribution is 7.10. The van der Waals surface area contributed by atoms with E-state index in [0.717, 1.165) is 50.5 Å². The highest BCUT2D eigenvalue weighted by atomic mass is 32.1. The number of pyridine rings is 1. The van der Waals surface area contributed by atoms with Gasteiger partial charge in [0, 0.05) is 43.2 Å². The van der Waals surface area contributed by atoms with Crippen molar-refractivity contribution >= 4 is 11.3 Å². The molecule has 2 aromatic heterocycles. The van der Waals surface area contributed by atoms with Crippen LogP contribution in [0.3, 0.4) is 0 Å². The molecular formula is C20H26N2O2S. The van der Waals surface area contributed by atoms with E-state index in [1.807, 2.05) is 36.5 Å². The van der Waals surface area contributed by atoms with Crippen LogP contribution in [0.25, 0.3) is 0 Å². The van der Waals surface area contributed by atoms with E-state index in [4.69, 9.17) is 9.47 Å². The molecule has 0 bridgehead atoms. The minimum Gasteiger partial charge on any atom is -0.372 e. The summed E-state index contributed by atoms with van der Waals surface area (Å²) in [4.78, 5) is 8.49. The van der Waals surface area contributed by atoms with Gasteiger partial charge in [0.2, 0.25) is 0 Å². The number of likely N-dealkylation sites (tertiary alicyclic amines) is 1. The predicted octanol–water partition coefficient (Wildman–Crippen LogP) is 3.71. The smallest absolute Gasteiger partial charge is 0.0959 e. The average Bonchev–Trinajstić information content (AvgIpc) is 2.97. The summed E-state index contributed by atoms with van der Waals surface area (Å²) in [5, 5.41) is 2.18. The summed E-state index contributed by atoms with van der Waals surface area (Å²) in [7, 11) is 0. The van der Waals surface area contributed by atoms with Gasteiger partial charge in [-0.3, -0.25) is 9.88 Å². The summed E-state index contributed by atoms with van der Waals surface area (Å²) in [6, 6.07) is 8.31. The molecule has 2 aliphatic rings. The Kier molecular flexibility index (Phi) is 4.91. The lowest BCUT2D eigenvalue weighted by molar-refractivity contribution is -0.200. The van der Waals surface area contributed by atoms with Crippen molar-refractivity contribution in [1.29, 1.82) is 0 Å². The van der Waals surface area contributed by atoms with E-state index < -0.39 is 0 Å². The van der Waals surface area contributed by atoms with Gasteiger partial charge in [-0.25, -0.2) is 0 Å². The first-order chi connectivity index (χ1) is 12.1. The minimum absolute atomic E-state index is 0.00805. The zero-order valence-electron chi connectivity index (χ0n) is 15.0. The summed E-state index contributed by atoms with van der Waals surface area (Å²) < 4.78 is 12.3. The van der Waals surface area contributed by atoms with Crippen molar-refractivity contribution in [2.24, 2.45) is 0 Å². The highest BCUT2D eigenvalue weighted by Gasteiger charge is 2.47. The second-order valence-corrected chi connectivity index (χ2v) is 8.40. The molecule has 4 rings (SSSR count). The molecule has 25 heavy (non-hydrogen) atoms. The minimum atomic E-state index is 0.00805. The Balaban J connectivity index is 1.28. The first-order valence-electron chi connectivity index (χ1n) is 9.05. The van der Waals surface area contributed by atoms with Crippen LogP contribution in [-0.4, -0.2) is 41.3 Å². The maximum Gasteiger partial charge on any atom is 0.0959 e. The lowest BCUT2D eigenvalue weighted by atomic mass is 9.84. The fourth-order valence-corrected chi connectivity index (χ4v) is 4.83. The molecule has 0 unspecified atom stereocenters. The van der Waals surface area contributed by atoms with E-state index in [0.29, 0.717) is 6.61 Å². The molecule has 2 saturated heterocycles. The maximum absolute atomic E-state index is 6.16. The lowest BCUT2D eigenvalue weighted by Crippen LogP contribution is -2.65. The molecule has 2 aliphatic heterocycles. The van der Waals surface area contributed by atoms with Crippen LogP contribution >= 0.6 is 11.3 Å². The average molecular weight is 359 g/mol. The molecule has 0 saturated carbocycles. The number of rotatable bonds is 5. The molecule has 134 valence electrons. The molecule has 4 nitrogen and oxygen atoms in total. The van der Waals surface area contributed by atoms with Crippen LogP contribution in [0.15, 0.2) is 29.6 Å². The molecular weight excluding hydrogens is 332 g/mol. The van der Waals surface area contributed by atoms with Crippen molar-refractivity contribution in [1.82, 2.24) is 9.88 Å². The SMILES string of the molecule is Cc1cccc(CO[C@H]2CCOC3(C2)CN(Cc2sccc2C)C3)n1. The normalized spacial score (nSPS) is 22.9. The summed E-state index contributed by atoms with van der Waals surface area (Å²) in [5.41, 5.74) is 3.48. The highest BCUT2D eigenvalue weighted by Crippen LogP contribution is 2.37. The molecule has 0 N–H and O–H groups in total. The summed E-state index contributed by atoms with van der Waals surface area (Å²) >= 11 is 1.86. The van der Waals surface area contributed by atoms with E-state index in [-0.39, 0.29) is 11.7 Å². The molecule has 1 spiro atoms. The number of aryl methyl sites for hydroxylation is 2. The monoisotopic (exact) mass is 358 g/mol. The zero-order valence-corrected chi connectivity index (χ0v) is 15.8. The van der Waals surface area contributed by atoms with Crippen LogP contribution in [0.1, 0.15) is 34.7 Å². The Hall–Kier alpha value is -1.27. The van der Waals surface area contributed by atoms with E-state index >= 15 is 0 Å². The van der Waals surface area contributed by atoms with Gasteiger partial charge in [0.05, 0.1) is 24.0 Å². The Labute approximate surface area is 153 Å². The third-order valence-corrected chi connectivity index (χ3v) is 6.23. The van der Waals surface area contributed by atoms with Crippen LogP contribution in [0.4, 0.5) is 0 Å². The van der Waals surface area contributed by atoms with Gasteiger partial charge in [0.1, 0.15) is 0 Å².